The topological polar surface area (TPSA) is 21.1 Å². The molecule has 1 aromatic rings. The molecule has 0 N–H and O–H groups in total. The van der Waals surface area contributed by atoms with Crippen molar-refractivity contribution in [3.8, 4) is 0 Å². The molecular formula is C12H19BrClN3. The molecule has 1 aliphatic rings. The van der Waals surface area contributed by atoms with E-state index in [1.807, 2.05) is 11.7 Å². The Kier molecular flexibility index (Phi) is 4.50. The molecule has 0 spiro atoms. The summed E-state index contributed by atoms with van der Waals surface area (Å²) >= 11 is 10.0. The fraction of sp³-hybridized carbons (Fsp3) is 0.750. The third kappa shape index (κ3) is 3.04. The Bertz CT molecular complexity index is 383. The van der Waals surface area contributed by atoms with Gasteiger partial charge in [-0.3, -0.25) is 9.58 Å². The Morgan fingerprint density at radius 1 is 1.41 bits per heavy atom. The zero-order valence-electron chi connectivity index (χ0n) is 10.4. The summed E-state index contributed by atoms with van der Waals surface area (Å²) in [5.74, 6) is 0. The summed E-state index contributed by atoms with van der Waals surface area (Å²) in [6, 6.07) is 0. The van der Waals surface area contributed by atoms with Crippen LogP contribution in [0.5, 0.6) is 0 Å². The number of hydrogen-bond donors (Lipinski definition) is 0. The van der Waals surface area contributed by atoms with Gasteiger partial charge in [0.25, 0.3) is 0 Å². The summed E-state index contributed by atoms with van der Waals surface area (Å²) in [6.45, 7) is 5.29. The minimum absolute atomic E-state index is 0.687. The summed E-state index contributed by atoms with van der Waals surface area (Å²) in [5, 5.41) is 5.32. The van der Waals surface area contributed by atoms with Crippen LogP contribution in [0.3, 0.4) is 0 Å². The van der Waals surface area contributed by atoms with E-state index in [2.05, 4.69) is 32.9 Å². The molecule has 0 radical (unpaired) electrons. The lowest BCUT2D eigenvalue weighted by molar-refractivity contribution is 0.221. The first-order valence-corrected chi connectivity index (χ1v) is 7.47. The van der Waals surface area contributed by atoms with Gasteiger partial charge in [0, 0.05) is 18.4 Å². The molecule has 0 aromatic carbocycles. The van der Waals surface area contributed by atoms with Crippen molar-refractivity contribution in [2.45, 2.75) is 37.6 Å². The highest BCUT2D eigenvalue weighted by Gasteiger charge is 2.20. The van der Waals surface area contributed by atoms with Gasteiger partial charge in [-0.05, 0) is 32.4 Å². The second-order valence-corrected chi connectivity index (χ2v) is 6.31. The van der Waals surface area contributed by atoms with Crippen molar-refractivity contribution in [1.82, 2.24) is 14.7 Å². The van der Waals surface area contributed by atoms with Gasteiger partial charge >= 0.3 is 0 Å². The molecule has 0 aliphatic carbocycles. The Morgan fingerprint density at radius 2 is 2.06 bits per heavy atom. The third-order valence-corrected chi connectivity index (χ3v) is 4.75. The van der Waals surface area contributed by atoms with Gasteiger partial charge in [-0.2, -0.15) is 5.10 Å². The Balaban J connectivity index is 2.05. The van der Waals surface area contributed by atoms with E-state index < -0.39 is 0 Å². The molecular weight excluding hydrogens is 302 g/mol. The predicted molar refractivity (Wildman–Crippen MR) is 74.8 cm³/mol. The molecule has 3 nitrogen and oxygen atoms in total. The molecule has 5 heteroatoms. The molecule has 2 heterocycles. The maximum Gasteiger partial charge on any atom is 0.0863 e. The SMILES string of the molecule is CCc1nn(C)c(CN2CCC(Br)CC2)c1Cl. The quantitative estimate of drug-likeness (QED) is 0.798. The van der Waals surface area contributed by atoms with Crippen molar-refractivity contribution in [3.63, 3.8) is 0 Å². The zero-order valence-corrected chi connectivity index (χ0v) is 12.8. The fourth-order valence-electron chi connectivity index (χ4n) is 2.26. The molecule has 0 unspecified atom stereocenters. The number of rotatable bonds is 3. The Morgan fingerprint density at radius 3 is 2.59 bits per heavy atom. The first-order valence-electron chi connectivity index (χ1n) is 6.18. The highest BCUT2D eigenvalue weighted by atomic mass is 79.9. The molecule has 0 bridgehead atoms. The van der Waals surface area contributed by atoms with Crippen molar-refractivity contribution < 1.29 is 0 Å². The van der Waals surface area contributed by atoms with Crippen molar-refractivity contribution in [3.05, 3.63) is 16.4 Å². The van der Waals surface area contributed by atoms with Crippen LogP contribution in [0.2, 0.25) is 5.02 Å². The first-order chi connectivity index (χ1) is 8.11. The standard InChI is InChI=1S/C12H19BrClN3/c1-3-10-12(14)11(16(2)15-10)8-17-6-4-9(13)5-7-17/h9H,3-8H2,1-2H3. The van der Waals surface area contributed by atoms with Crippen LogP contribution in [0, 0.1) is 0 Å². The lowest BCUT2D eigenvalue weighted by atomic mass is 10.1. The van der Waals surface area contributed by atoms with Gasteiger partial charge in [-0.15, -0.1) is 0 Å². The van der Waals surface area contributed by atoms with Crippen LogP contribution in [0.4, 0.5) is 0 Å². The highest BCUT2D eigenvalue weighted by Crippen LogP contribution is 2.24. The average molecular weight is 321 g/mol. The van der Waals surface area contributed by atoms with E-state index in [9.17, 15) is 0 Å². The van der Waals surface area contributed by atoms with Crippen LogP contribution in [0.25, 0.3) is 0 Å². The van der Waals surface area contributed by atoms with E-state index in [0.717, 1.165) is 42.5 Å². The number of halogens is 2. The monoisotopic (exact) mass is 319 g/mol. The molecule has 0 amide bonds. The number of likely N-dealkylation sites (tertiary alicyclic amines) is 1. The minimum Gasteiger partial charge on any atom is -0.297 e. The number of nitrogens with zero attached hydrogens (tertiary/aromatic N) is 3. The van der Waals surface area contributed by atoms with Gasteiger partial charge in [0.1, 0.15) is 0 Å². The number of aryl methyl sites for hydroxylation is 2. The summed E-state index contributed by atoms with van der Waals surface area (Å²) in [4.78, 5) is 3.15. The molecule has 0 saturated carbocycles. The maximum atomic E-state index is 6.36. The molecule has 0 atom stereocenters. The van der Waals surface area contributed by atoms with Crippen molar-refractivity contribution >= 4 is 27.5 Å². The lowest BCUT2D eigenvalue weighted by Crippen LogP contribution is -2.34. The summed E-state index contributed by atoms with van der Waals surface area (Å²) in [7, 11) is 1.98. The van der Waals surface area contributed by atoms with Crippen LogP contribution >= 0.6 is 27.5 Å². The van der Waals surface area contributed by atoms with E-state index >= 15 is 0 Å². The normalized spacial score (nSPS) is 18.8. The van der Waals surface area contributed by atoms with Gasteiger partial charge in [0.2, 0.25) is 0 Å². The van der Waals surface area contributed by atoms with Gasteiger partial charge in [0.05, 0.1) is 16.4 Å². The largest absolute Gasteiger partial charge is 0.297 e. The number of aromatic nitrogens is 2. The van der Waals surface area contributed by atoms with E-state index in [1.54, 1.807) is 0 Å². The van der Waals surface area contributed by atoms with Gasteiger partial charge in [0.15, 0.2) is 0 Å². The van der Waals surface area contributed by atoms with Crippen LogP contribution in [-0.2, 0) is 20.0 Å². The average Bonchev–Trinajstić information content (AvgIpc) is 2.59. The van der Waals surface area contributed by atoms with Crippen molar-refractivity contribution in [2.75, 3.05) is 13.1 Å². The molecule has 1 aromatic heterocycles. The number of piperidine rings is 1. The van der Waals surface area contributed by atoms with Crippen LogP contribution < -0.4 is 0 Å². The van der Waals surface area contributed by atoms with E-state index in [-0.39, 0.29) is 0 Å². The molecule has 1 aliphatic heterocycles. The Labute approximate surface area is 116 Å². The zero-order chi connectivity index (χ0) is 12.4. The molecule has 1 saturated heterocycles. The highest BCUT2D eigenvalue weighted by molar-refractivity contribution is 9.09. The first kappa shape index (κ1) is 13.4. The van der Waals surface area contributed by atoms with Gasteiger partial charge in [-0.1, -0.05) is 34.5 Å². The van der Waals surface area contributed by atoms with Gasteiger partial charge < -0.3 is 0 Å². The number of alkyl halides is 1. The van der Waals surface area contributed by atoms with E-state index in [0.29, 0.717) is 4.83 Å². The second kappa shape index (κ2) is 5.72. The molecule has 17 heavy (non-hydrogen) atoms. The van der Waals surface area contributed by atoms with E-state index in [4.69, 9.17) is 11.6 Å². The number of hydrogen-bond acceptors (Lipinski definition) is 2. The lowest BCUT2D eigenvalue weighted by Gasteiger charge is -2.29. The fourth-order valence-corrected chi connectivity index (χ4v) is 3.03. The summed E-state index contributed by atoms with van der Waals surface area (Å²) < 4.78 is 1.93. The molecule has 96 valence electrons. The van der Waals surface area contributed by atoms with Crippen molar-refractivity contribution in [1.29, 1.82) is 0 Å². The van der Waals surface area contributed by atoms with Crippen LogP contribution in [-0.4, -0.2) is 32.6 Å². The predicted octanol–water partition coefficient (Wildman–Crippen LogP) is 3.00. The van der Waals surface area contributed by atoms with Gasteiger partial charge in [-0.25, -0.2) is 0 Å². The maximum absolute atomic E-state index is 6.36. The summed E-state index contributed by atoms with van der Waals surface area (Å²) in [5.41, 5.74) is 2.16. The van der Waals surface area contributed by atoms with Crippen LogP contribution in [0.15, 0.2) is 0 Å². The second-order valence-electron chi connectivity index (χ2n) is 4.64. The summed E-state index contributed by atoms with van der Waals surface area (Å²) in [6.07, 6.45) is 3.34. The van der Waals surface area contributed by atoms with Crippen LogP contribution in [0.1, 0.15) is 31.2 Å². The minimum atomic E-state index is 0.687. The van der Waals surface area contributed by atoms with Crippen molar-refractivity contribution in [2.24, 2.45) is 7.05 Å². The smallest absolute Gasteiger partial charge is 0.0863 e. The molecule has 1 fully saturated rings. The van der Waals surface area contributed by atoms with E-state index in [1.165, 1.54) is 12.8 Å². The molecule has 2 rings (SSSR count). The Hall–Kier alpha value is -0.0600. The third-order valence-electron chi connectivity index (χ3n) is 3.39.